The van der Waals surface area contributed by atoms with Crippen molar-refractivity contribution in [2.75, 3.05) is 12.4 Å². The standard InChI is InChI=1S/C17H14ClF2NO3/c1-24-17(23)12-9-11(4-5-13(12)18)21-16(22)7-3-10-2-6-14(19)15(20)8-10/h2,4-6,8-9H,3,7H2,1H3,(H,21,22). The molecule has 1 amide bonds. The van der Waals surface area contributed by atoms with Crippen LogP contribution in [0.15, 0.2) is 36.4 Å². The van der Waals surface area contributed by atoms with Crippen molar-refractivity contribution >= 4 is 29.2 Å². The predicted octanol–water partition coefficient (Wildman–Crippen LogP) is 3.98. The van der Waals surface area contributed by atoms with Gasteiger partial charge < -0.3 is 10.1 Å². The van der Waals surface area contributed by atoms with Gasteiger partial charge in [0.15, 0.2) is 11.6 Å². The van der Waals surface area contributed by atoms with Crippen LogP contribution in [0.3, 0.4) is 0 Å². The first kappa shape index (κ1) is 17.9. The lowest BCUT2D eigenvalue weighted by Crippen LogP contribution is -2.13. The lowest BCUT2D eigenvalue weighted by molar-refractivity contribution is -0.116. The van der Waals surface area contributed by atoms with Crippen molar-refractivity contribution in [2.24, 2.45) is 0 Å². The molecule has 0 fully saturated rings. The van der Waals surface area contributed by atoms with Crippen LogP contribution in [0.5, 0.6) is 0 Å². The van der Waals surface area contributed by atoms with Crippen molar-refractivity contribution in [1.82, 2.24) is 0 Å². The van der Waals surface area contributed by atoms with Crippen molar-refractivity contribution in [3.05, 3.63) is 64.2 Å². The summed E-state index contributed by atoms with van der Waals surface area (Å²) in [6.45, 7) is 0. The fourth-order valence-electron chi connectivity index (χ4n) is 2.05. The van der Waals surface area contributed by atoms with Crippen molar-refractivity contribution in [3.63, 3.8) is 0 Å². The fourth-order valence-corrected chi connectivity index (χ4v) is 2.24. The van der Waals surface area contributed by atoms with Crippen LogP contribution in [0.1, 0.15) is 22.3 Å². The Bertz CT molecular complexity index is 780. The van der Waals surface area contributed by atoms with Crippen molar-refractivity contribution in [2.45, 2.75) is 12.8 Å². The molecule has 0 aliphatic rings. The molecule has 0 aromatic heterocycles. The van der Waals surface area contributed by atoms with Gasteiger partial charge in [-0.1, -0.05) is 17.7 Å². The van der Waals surface area contributed by atoms with Crippen LogP contribution in [0.2, 0.25) is 5.02 Å². The summed E-state index contributed by atoms with van der Waals surface area (Å²) in [6, 6.07) is 7.92. The largest absolute Gasteiger partial charge is 0.465 e. The molecule has 0 aliphatic heterocycles. The Labute approximate surface area is 142 Å². The molecule has 0 atom stereocenters. The minimum atomic E-state index is -0.951. The molecule has 0 unspecified atom stereocenters. The van der Waals surface area contributed by atoms with E-state index in [0.29, 0.717) is 11.3 Å². The highest BCUT2D eigenvalue weighted by atomic mass is 35.5. The highest BCUT2D eigenvalue weighted by Crippen LogP contribution is 2.21. The van der Waals surface area contributed by atoms with Crippen LogP contribution >= 0.6 is 11.6 Å². The second kappa shape index (κ2) is 7.88. The fraction of sp³-hybridized carbons (Fsp3) is 0.176. The summed E-state index contributed by atoms with van der Waals surface area (Å²) in [5.74, 6) is -2.83. The van der Waals surface area contributed by atoms with E-state index < -0.39 is 17.6 Å². The number of amides is 1. The Kier molecular flexibility index (Phi) is 5.87. The molecule has 2 aromatic rings. The van der Waals surface area contributed by atoms with Gasteiger partial charge in [0.05, 0.1) is 17.7 Å². The van der Waals surface area contributed by atoms with Gasteiger partial charge in [-0.05, 0) is 42.3 Å². The molecule has 0 spiro atoms. The maximum atomic E-state index is 13.1. The number of aryl methyl sites for hydroxylation is 1. The number of nitrogens with one attached hydrogen (secondary N) is 1. The Balaban J connectivity index is 1.99. The number of methoxy groups -OCH3 is 1. The molecule has 0 saturated heterocycles. The first-order valence-corrected chi connectivity index (χ1v) is 7.40. The number of carbonyl (C=O) groups is 2. The lowest BCUT2D eigenvalue weighted by atomic mass is 10.1. The van der Waals surface area contributed by atoms with Gasteiger partial charge >= 0.3 is 5.97 Å². The first-order valence-electron chi connectivity index (χ1n) is 7.02. The molecule has 1 N–H and O–H groups in total. The zero-order valence-electron chi connectivity index (χ0n) is 12.7. The van der Waals surface area contributed by atoms with E-state index in [-0.39, 0.29) is 29.3 Å². The number of hydrogen-bond donors (Lipinski definition) is 1. The monoisotopic (exact) mass is 353 g/mol. The maximum Gasteiger partial charge on any atom is 0.339 e. The summed E-state index contributed by atoms with van der Waals surface area (Å²) in [6.07, 6.45) is 0.321. The topological polar surface area (TPSA) is 55.4 Å². The molecule has 0 radical (unpaired) electrons. The van der Waals surface area contributed by atoms with Gasteiger partial charge in [-0.2, -0.15) is 0 Å². The summed E-state index contributed by atoms with van der Waals surface area (Å²) in [7, 11) is 1.23. The number of esters is 1. The summed E-state index contributed by atoms with van der Waals surface area (Å²) in [5.41, 5.74) is 1.03. The highest BCUT2D eigenvalue weighted by molar-refractivity contribution is 6.33. The van der Waals surface area contributed by atoms with Crippen LogP contribution in [-0.4, -0.2) is 19.0 Å². The molecule has 24 heavy (non-hydrogen) atoms. The van der Waals surface area contributed by atoms with Gasteiger partial charge in [-0.15, -0.1) is 0 Å². The Morgan fingerprint density at radius 1 is 1.12 bits per heavy atom. The summed E-state index contributed by atoms with van der Waals surface area (Å²) >= 11 is 5.90. The lowest BCUT2D eigenvalue weighted by Gasteiger charge is -2.08. The van der Waals surface area contributed by atoms with E-state index in [2.05, 4.69) is 10.1 Å². The number of anilines is 1. The number of ether oxygens (including phenoxy) is 1. The van der Waals surface area contributed by atoms with E-state index in [1.165, 1.54) is 25.3 Å². The molecule has 126 valence electrons. The number of benzene rings is 2. The number of carbonyl (C=O) groups excluding carboxylic acids is 2. The Morgan fingerprint density at radius 3 is 2.54 bits per heavy atom. The number of hydrogen-bond acceptors (Lipinski definition) is 3. The number of rotatable bonds is 5. The highest BCUT2D eigenvalue weighted by Gasteiger charge is 2.13. The van der Waals surface area contributed by atoms with Gasteiger partial charge in [0.2, 0.25) is 5.91 Å². The van der Waals surface area contributed by atoms with Crippen LogP contribution in [0.4, 0.5) is 14.5 Å². The molecule has 0 aliphatic carbocycles. The third-order valence-corrected chi connectivity index (χ3v) is 3.61. The van der Waals surface area contributed by atoms with Gasteiger partial charge in [0.1, 0.15) is 0 Å². The second-order valence-electron chi connectivity index (χ2n) is 4.98. The van der Waals surface area contributed by atoms with E-state index in [9.17, 15) is 18.4 Å². The SMILES string of the molecule is COC(=O)c1cc(NC(=O)CCc2ccc(F)c(F)c2)ccc1Cl. The van der Waals surface area contributed by atoms with Crippen LogP contribution < -0.4 is 5.32 Å². The Hall–Kier alpha value is -2.47. The van der Waals surface area contributed by atoms with E-state index in [0.717, 1.165) is 12.1 Å². The molecule has 0 heterocycles. The molecule has 2 rings (SSSR count). The normalized spacial score (nSPS) is 10.3. The Morgan fingerprint density at radius 2 is 1.88 bits per heavy atom. The second-order valence-corrected chi connectivity index (χ2v) is 5.39. The van der Waals surface area contributed by atoms with Gasteiger partial charge in [0, 0.05) is 12.1 Å². The summed E-state index contributed by atoms with van der Waals surface area (Å²) in [5, 5.41) is 2.82. The average Bonchev–Trinajstić information content (AvgIpc) is 2.57. The van der Waals surface area contributed by atoms with E-state index >= 15 is 0 Å². The zero-order chi connectivity index (χ0) is 17.7. The van der Waals surface area contributed by atoms with Crippen LogP contribution in [-0.2, 0) is 16.0 Å². The minimum Gasteiger partial charge on any atom is -0.465 e. The third kappa shape index (κ3) is 4.52. The quantitative estimate of drug-likeness (QED) is 0.827. The molecular weight excluding hydrogens is 340 g/mol. The van der Waals surface area contributed by atoms with Crippen molar-refractivity contribution < 1.29 is 23.1 Å². The van der Waals surface area contributed by atoms with Gasteiger partial charge in [-0.3, -0.25) is 4.79 Å². The predicted molar refractivity (Wildman–Crippen MR) is 86.1 cm³/mol. The molecule has 0 bridgehead atoms. The first-order chi connectivity index (χ1) is 11.4. The number of halogens is 3. The zero-order valence-corrected chi connectivity index (χ0v) is 13.5. The smallest absolute Gasteiger partial charge is 0.339 e. The molecule has 7 heteroatoms. The summed E-state index contributed by atoms with van der Waals surface area (Å²) < 4.78 is 30.6. The maximum absolute atomic E-state index is 13.1. The minimum absolute atomic E-state index is 0.0707. The molecule has 4 nitrogen and oxygen atoms in total. The third-order valence-electron chi connectivity index (χ3n) is 3.28. The average molecular weight is 354 g/mol. The van der Waals surface area contributed by atoms with Crippen LogP contribution in [0.25, 0.3) is 0 Å². The summed E-state index contributed by atoms with van der Waals surface area (Å²) in [4.78, 5) is 23.5. The van der Waals surface area contributed by atoms with Crippen molar-refractivity contribution in [1.29, 1.82) is 0 Å². The van der Waals surface area contributed by atoms with Crippen LogP contribution in [0, 0.1) is 11.6 Å². The molecule has 2 aromatic carbocycles. The van der Waals surface area contributed by atoms with E-state index in [4.69, 9.17) is 11.6 Å². The van der Waals surface area contributed by atoms with Gasteiger partial charge in [-0.25, -0.2) is 13.6 Å². The van der Waals surface area contributed by atoms with Gasteiger partial charge in [0.25, 0.3) is 0 Å². The van der Waals surface area contributed by atoms with Crippen molar-refractivity contribution in [3.8, 4) is 0 Å². The van der Waals surface area contributed by atoms with E-state index in [1.807, 2.05) is 0 Å². The molecular formula is C17H14ClF2NO3. The molecule has 0 saturated carbocycles. The van der Waals surface area contributed by atoms with E-state index in [1.54, 1.807) is 6.07 Å².